The molecule has 3 nitrogen and oxygen atoms in total. The first-order chi connectivity index (χ1) is 14.2. The predicted molar refractivity (Wildman–Crippen MR) is 130 cm³/mol. The molecule has 2 rings (SSSR count). The molecule has 0 unspecified atom stereocenters. The Bertz CT molecular complexity index is 856. The monoisotopic (exact) mass is 408 g/mol. The number of aryl methyl sites for hydroxylation is 1. The molecule has 3 heteroatoms. The average Bonchev–Trinajstić information content (AvgIpc) is 2.71. The summed E-state index contributed by atoms with van der Waals surface area (Å²) in [4.78, 5) is 11.8. The third-order valence-electron chi connectivity index (χ3n) is 6.05. The summed E-state index contributed by atoms with van der Waals surface area (Å²) in [6, 6.07) is 6.29. The zero-order valence-corrected chi connectivity index (χ0v) is 20.0. The number of carbonyl (C=O) groups is 1. The lowest BCUT2D eigenvalue weighted by molar-refractivity contribution is -0.115. The van der Waals surface area contributed by atoms with Gasteiger partial charge in [-0.2, -0.15) is 0 Å². The Morgan fingerprint density at radius 2 is 1.97 bits per heavy atom. The van der Waals surface area contributed by atoms with Crippen LogP contribution in [-0.4, -0.2) is 13.0 Å². The van der Waals surface area contributed by atoms with E-state index in [4.69, 9.17) is 0 Å². The molecular formula is C27H40N2O. The van der Waals surface area contributed by atoms with Crippen molar-refractivity contribution in [3.63, 3.8) is 0 Å². The molecule has 164 valence electrons. The third-order valence-corrected chi connectivity index (χ3v) is 6.05. The van der Waals surface area contributed by atoms with Crippen molar-refractivity contribution in [3.05, 3.63) is 57.8 Å². The molecule has 1 aromatic carbocycles. The summed E-state index contributed by atoms with van der Waals surface area (Å²) in [6.07, 6.45) is 10.6. The van der Waals surface area contributed by atoms with E-state index in [0.29, 0.717) is 11.8 Å². The topological polar surface area (TPSA) is 41.1 Å². The Morgan fingerprint density at radius 3 is 2.57 bits per heavy atom. The lowest BCUT2D eigenvalue weighted by Gasteiger charge is -2.34. The summed E-state index contributed by atoms with van der Waals surface area (Å²) < 4.78 is 0. The van der Waals surface area contributed by atoms with Gasteiger partial charge in [-0.05, 0) is 84.9 Å². The average molecular weight is 409 g/mol. The standard InChI is InChI=1S/C27H40N2O/c1-8-11-20-17-22(29-26(30)10-3)13-12-21(20)16-19(4)23(9-2)24-14-15-27(5,6)18-25(24)28-7/h9,12-13,16-17,28H,8,10-11,14-15,18H2,1-7H3,(H,29,30)/b19-16+,23-9-. The van der Waals surface area contributed by atoms with Crippen molar-refractivity contribution in [3.8, 4) is 0 Å². The first kappa shape index (κ1) is 24.0. The van der Waals surface area contributed by atoms with E-state index >= 15 is 0 Å². The molecule has 0 heterocycles. The van der Waals surface area contributed by atoms with Gasteiger partial charge in [0.1, 0.15) is 0 Å². The maximum atomic E-state index is 11.8. The molecule has 0 atom stereocenters. The third kappa shape index (κ3) is 6.10. The van der Waals surface area contributed by atoms with Crippen LogP contribution in [0.15, 0.2) is 46.7 Å². The Balaban J connectivity index is 2.40. The molecule has 0 fully saturated rings. The number of benzene rings is 1. The number of hydrogen-bond acceptors (Lipinski definition) is 2. The van der Waals surface area contributed by atoms with E-state index in [-0.39, 0.29) is 5.91 Å². The largest absolute Gasteiger partial charge is 0.391 e. The first-order valence-corrected chi connectivity index (χ1v) is 11.4. The Morgan fingerprint density at radius 1 is 1.23 bits per heavy atom. The van der Waals surface area contributed by atoms with Crippen molar-refractivity contribution in [2.75, 3.05) is 12.4 Å². The van der Waals surface area contributed by atoms with Crippen LogP contribution < -0.4 is 10.6 Å². The van der Waals surface area contributed by atoms with Crippen molar-refractivity contribution >= 4 is 17.7 Å². The van der Waals surface area contributed by atoms with Crippen molar-refractivity contribution in [2.24, 2.45) is 5.41 Å². The molecule has 0 bridgehead atoms. The van der Waals surface area contributed by atoms with Gasteiger partial charge in [-0.15, -0.1) is 0 Å². The molecule has 1 aromatic rings. The van der Waals surface area contributed by atoms with Crippen molar-refractivity contribution in [2.45, 2.75) is 80.1 Å². The van der Waals surface area contributed by atoms with E-state index in [9.17, 15) is 4.79 Å². The minimum atomic E-state index is 0.0554. The van der Waals surface area contributed by atoms with Gasteiger partial charge >= 0.3 is 0 Å². The fourth-order valence-electron chi connectivity index (χ4n) is 4.33. The highest BCUT2D eigenvalue weighted by Crippen LogP contribution is 2.41. The van der Waals surface area contributed by atoms with Crippen molar-refractivity contribution in [1.29, 1.82) is 0 Å². The number of amides is 1. The molecule has 2 N–H and O–H groups in total. The minimum Gasteiger partial charge on any atom is -0.391 e. The summed E-state index contributed by atoms with van der Waals surface area (Å²) in [5, 5.41) is 6.47. The lowest BCUT2D eigenvalue weighted by Crippen LogP contribution is -2.25. The van der Waals surface area contributed by atoms with E-state index < -0.39 is 0 Å². The smallest absolute Gasteiger partial charge is 0.224 e. The second-order valence-electron chi connectivity index (χ2n) is 9.14. The summed E-state index contributed by atoms with van der Waals surface area (Å²) in [5.41, 5.74) is 9.24. The SMILES string of the molecule is C/C=C(C1=C(NC)CC(C)(C)CC1)/C(C)=C/c1ccc(NC(=O)CC)cc1CCC. The van der Waals surface area contributed by atoms with Gasteiger partial charge in [0, 0.05) is 24.9 Å². The van der Waals surface area contributed by atoms with Gasteiger partial charge in [-0.3, -0.25) is 4.79 Å². The molecule has 0 radical (unpaired) electrons. The van der Waals surface area contributed by atoms with Gasteiger partial charge in [0.25, 0.3) is 0 Å². The summed E-state index contributed by atoms with van der Waals surface area (Å²) >= 11 is 0. The van der Waals surface area contributed by atoms with Crippen LogP contribution in [0.3, 0.4) is 0 Å². The summed E-state index contributed by atoms with van der Waals surface area (Å²) in [6.45, 7) is 13.1. The Labute approximate surface area is 183 Å². The van der Waals surface area contributed by atoms with E-state index in [1.165, 1.54) is 40.0 Å². The molecule has 1 amide bonds. The van der Waals surface area contributed by atoms with E-state index in [2.05, 4.69) is 69.5 Å². The fourth-order valence-corrected chi connectivity index (χ4v) is 4.33. The quantitative estimate of drug-likeness (QED) is 0.454. The van der Waals surface area contributed by atoms with Crippen molar-refractivity contribution < 1.29 is 4.79 Å². The molecule has 0 aliphatic heterocycles. The maximum Gasteiger partial charge on any atom is 0.224 e. The second-order valence-corrected chi connectivity index (χ2v) is 9.14. The highest BCUT2D eigenvalue weighted by Gasteiger charge is 2.28. The number of rotatable bonds is 8. The van der Waals surface area contributed by atoms with Crippen LogP contribution in [0.1, 0.15) is 84.8 Å². The van der Waals surface area contributed by atoms with Crippen LogP contribution in [0.5, 0.6) is 0 Å². The number of carbonyl (C=O) groups excluding carboxylic acids is 1. The highest BCUT2D eigenvalue weighted by molar-refractivity contribution is 5.90. The van der Waals surface area contributed by atoms with E-state index in [1.807, 2.05) is 20.0 Å². The van der Waals surface area contributed by atoms with Crippen LogP contribution in [0.25, 0.3) is 6.08 Å². The lowest BCUT2D eigenvalue weighted by atomic mass is 9.74. The molecule has 0 saturated heterocycles. The summed E-state index contributed by atoms with van der Waals surface area (Å²) in [7, 11) is 2.05. The summed E-state index contributed by atoms with van der Waals surface area (Å²) in [5.74, 6) is 0.0554. The van der Waals surface area contributed by atoms with Crippen LogP contribution in [0, 0.1) is 5.41 Å². The number of allylic oxidation sites excluding steroid dienone is 5. The minimum absolute atomic E-state index is 0.0554. The number of anilines is 1. The first-order valence-electron chi connectivity index (χ1n) is 11.4. The molecule has 1 aliphatic carbocycles. The number of hydrogen-bond donors (Lipinski definition) is 2. The van der Waals surface area contributed by atoms with Crippen LogP contribution in [-0.2, 0) is 11.2 Å². The van der Waals surface area contributed by atoms with Gasteiger partial charge in [0.15, 0.2) is 0 Å². The predicted octanol–water partition coefficient (Wildman–Crippen LogP) is 7.02. The maximum absolute atomic E-state index is 11.8. The fraction of sp³-hybridized carbons (Fsp3) is 0.519. The zero-order valence-electron chi connectivity index (χ0n) is 20.0. The molecule has 0 spiro atoms. The van der Waals surface area contributed by atoms with Gasteiger partial charge in [-0.1, -0.05) is 52.3 Å². The van der Waals surface area contributed by atoms with Crippen LogP contribution >= 0.6 is 0 Å². The highest BCUT2D eigenvalue weighted by atomic mass is 16.1. The molecule has 30 heavy (non-hydrogen) atoms. The van der Waals surface area contributed by atoms with E-state index in [1.54, 1.807) is 0 Å². The van der Waals surface area contributed by atoms with Gasteiger partial charge < -0.3 is 10.6 Å². The van der Waals surface area contributed by atoms with Gasteiger partial charge in [-0.25, -0.2) is 0 Å². The normalized spacial score (nSPS) is 17.2. The molecule has 0 aromatic heterocycles. The molecule has 1 aliphatic rings. The molecular weight excluding hydrogens is 368 g/mol. The van der Waals surface area contributed by atoms with Crippen LogP contribution in [0.2, 0.25) is 0 Å². The zero-order chi connectivity index (χ0) is 22.3. The second kappa shape index (κ2) is 10.7. The molecule has 0 saturated carbocycles. The van der Waals surface area contributed by atoms with Gasteiger partial charge in [0.2, 0.25) is 5.91 Å². The van der Waals surface area contributed by atoms with Crippen LogP contribution in [0.4, 0.5) is 5.69 Å². The van der Waals surface area contributed by atoms with Crippen molar-refractivity contribution in [1.82, 2.24) is 5.32 Å². The Hall–Kier alpha value is -2.29. The number of nitrogens with one attached hydrogen (secondary N) is 2. The Kier molecular flexibility index (Phi) is 8.52. The van der Waals surface area contributed by atoms with E-state index in [0.717, 1.165) is 31.4 Å². The van der Waals surface area contributed by atoms with Gasteiger partial charge in [0.05, 0.1) is 0 Å².